The molecular weight excluding hydrogens is 171 g/mol. The third kappa shape index (κ3) is 2.00. The van der Waals surface area contributed by atoms with E-state index in [2.05, 4.69) is 4.90 Å². The van der Waals surface area contributed by atoms with Gasteiger partial charge in [0.25, 0.3) is 0 Å². The van der Waals surface area contributed by atoms with Crippen molar-refractivity contribution in [1.29, 1.82) is 0 Å². The van der Waals surface area contributed by atoms with Crippen molar-refractivity contribution in [2.45, 2.75) is 44.0 Å². The predicted octanol–water partition coefficient (Wildman–Crippen LogP) is 0.842. The molecule has 1 saturated carbocycles. The predicted molar refractivity (Wildman–Crippen MR) is 47.8 cm³/mol. The van der Waals surface area contributed by atoms with Crippen LogP contribution in [0.15, 0.2) is 0 Å². The fraction of sp³-hybridized carbons (Fsp3) is 1.00. The monoisotopic (exact) mass is 188 g/mol. The van der Waals surface area contributed by atoms with E-state index in [-0.39, 0.29) is 6.10 Å². The van der Waals surface area contributed by atoms with E-state index < -0.39 is 6.17 Å². The summed E-state index contributed by atoms with van der Waals surface area (Å²) in [7, 11) is 0. The lowest BCUT2D eigenvalue weighted by atomic mass is 9.90. The molecule has 2 N–H and O–H groups in total. The molecule has 2 unspecified atom stereocenters. The van der Waals surface area contributed by atoms with Gasteiger partial charge < -0.3 is 4.84 Å². The Balaban J connectivity index is 1.79. The van der Waals surface area contributed by atoms with E-state index in [0.29, 0.717) is 19.1 Å². The topological polar surface area (TPSA) is 38.5 Å². The molecule has 13 heavy (non-hydrogen) atoms. The lowest BCUT2D eigenvalue weighted by Crippen LogP contribution is -2.55. The maximum absolute atomic E-state index is 12.6. The summed E-state index contributed by atoms with van der Waals surface area (Å²) in [4.78, 5) is 7.05. The highest BCUT2D eigenvalue weighted by Crippen LogP contribution is 2.28. The molecule has 4 heteroatoms. The molecule has 0 bridgehead atoms. The summed E-state index contributed by atoms with van der Waals surface area (Å²) in [6, 6.07) is 0.509. The minimum absolute atomic E-state index is 0.192. The zero-order valence-electron chi connectivity index (χ0n) is 7.79. The number of alkyl halides is 1. The van der Waals surface area contributed by atoms with Gasteiger partial charge in [0.05, 0.1) is 6.10 Å². The highest BCUT2D eigenvalue weighted by Gasteiger charge is 2.35. The lowest BCUT2D eigenvalue weighted by molar-refractivity contribution is -0.0380. The van der Waals surface area contributed by atoms with Crippen LogP contribution in [0.2, 0.25) is 0 Å². The van der Waals surface area contributed by atoms with Gasteiger partial charge in [-0.3, -0.25) is 4.90 Å². The first-order chi connectivity index (χ1) is 6.29. The molecule has 2 aliphatic rings. The lowest BCUT2D eigenvalue weighted by Gasteiger charge is -2.43. The van der Waals surface area contributed by atoms with Gasteiger partial charge in [-0.2, -0.15) is 0 Å². The van der Waals surface area contributed by atoms with Gasteiger partial charge in [-0.1, -0.05) is 0 Å². The van der Waals surface area contributed by atoms with Crippen LogP contribution in [0.5, 0.6) is 0 Å². The zero-order chi connectivity index (χ0) is 9.26. The molecule has 0 aromatic carbocycles. The fourth-order valence-corrected chi connectivity index (χ4v) is 2.33. The van der Waals surface area contributed by atoms with Gasteiger partial charge in [0.15, 0.2) is 0 Å². The van der Waals surface area contributed by atoms with Crippen LogP contribution in [0.25, 0.3) is 0 Å². The number of rotatable bonds is 2. The summed E-state index contributed by atoms with van der Waals surface area (Å²) in [6.45, 7) is 1.23. The summed E-state index contributed by atoms with van der Waals surface area (Å²) >= 11 is 0. The minimum Gasteiger partial charge on any atom is -0.301 e. The first-order valence-electron chi connectivity index (χ1n) is 5.03. The third-order valence-corrected chi connectivity index (χ3v) is 3.17. The smallest absolute Gasteiger partial charge is 0.125 e. The Labute approximate surface area is 78.0 Å². The van der Waals surface area contributed by atoms with Crippen molar-refractivity contribution in [3.05, 3.63) is 0 Å². The van der Waals surface area contributed by atoms with E-state index in [9.17, 15) is 4.39 Å². The molecule has 1 aliphatic heterocycles. The van der Waals surface area contributed by atoms with Crippen molar-refractivity contribution in [2.75, 3.05) is 13.1 Å². The second kappa shape index (κ2) is 3.90. The standard InChI is InChI=1S/C9H17FN2O/c10-7-5-12(6-7)8-2-1-3-9(4-8)13-11/h7-9H,1-6,11H2. The molecule has 1 heterocycles. The molecule has 1 saturated heterocycles. The fourth-order valence-electron chi connectivity index (χ4n) is 2.33. The average Bonchev–Trinajstić information content (AvgIpc) is 2.13. The molecule has 2 rings (SSSR count). The Kier molecular flexibility index (Phi) is 2.81. The number of hydrogen-bond acceptors (Lipinski definition) is 3. The summed E-state index contributed by atoms with van der Waals surface area (Å²) in [5, 5.41) is 0. The maximum atomic E-state index is 12.6. The van der Waals surface area contributed by atoms with Crippen LogP contribution < -0.4 is 5.90 Å². The van der Waals surface area contributed by atoms with Crippen LogP contribution in [0.4, 0.5) is 4.39 Å². The van der Waals surface area contributed by atoms with Crippen molar-refractivity contribution in [3.63, 3.8) is 0 Å². The second-order valence-corrected chi connectivity index (χ2v) is 4.13. The van der Waals surface area contributed by atoms with Crippen LogP contribution in [0.1, 0.15) is 25.7 Å². The van der Waals surface area contributed by atoms with Gasteiger partial charge in [0.2, 0.25) is 0 Å². The van der Waals surface area contributed by atoms with Gasteiger partial charge >= 0.3 is 0 Å². The minimum atomic E-state index is -0.598. The Morgan fingerprint density at radius 3 is 2.69 bits per heavy atom. The molecule has 0 spiro atoms. The van der Waals surface area contributed by atoms with E-state index in [1.165, 1.54) is 6.42 Å². The van der Waals surface area contributed by atoms with Gasteiger partial charge in [-0.15, -0.1) is 0 Å². The average molecular weight is 188 g/mol. The summed E-state index contributed by atoms with van der Waals surface area (Å²) < 4.78 is 12.6. The summed E-state index contributed by atoms with van der Waals surface area (Å²) in [5.41, 5.74) is 0. The van der Waals surface area contributed by atoms with E-state index in [4.69, 9.17) is 10.7 Å². The maximum Gasteiger partial charge on any atom is 0.125 e. The van der Waals surface area contributed by atoms with Crippen LogP contribution in [0, 0.1) is 0 Å². The molecule has 0 radical (unpaired) electrons. The number of nitrogens with two attached hydrogens (primary N) is 1. The Morgan fingerprint density at radius 1 is 1.31 bits per heavy atom. The van der Waals surface area contributed by atoms with Gasteiger partial charge in [0.1, 0.15) is 6.17 Å². The van der Waals surface area contributed by atoms with Crippen LogP contribution in [-0.2, 0) is 4.84 Å². The molecule has 0 aromatic rings. The molecule has 2 fully saturated rings. The van der Waals surface area contributed by atoms with Crippen LogP contribution in [0.3, 0.4) is 0 Å². The van der Waals surface area contributed by atoms with Crippen LogP contribution in [-0.4, -0.2) is 36.3 Å². The number of nitrogens with zero attached hydrogens (tertiary/aromatic N) is 1. The molecule has 0 aromatic heterocycles. The first kappa shape index (κ1) is 9.37. The third-order valence-electron chi connectivity index (χ3n) is 3.17. The van der Waals surface area contributed by atoms with Gasteiger partial charge in [0, 0.05) is 19.1 Å². The van der Waals surface area contributed by atoms with E-state index >= 15 is 0 Å². The van der Waals surface area contributed by atoms with E-state index in [1.54, 1.807) is 0 Å². The molecule has 1 aliphatic carbocycles. The van der Waals surface area contributed by atoms with E-state index in [1.807, 2.05) is 0 Å². The van der Waals surface area contributed by atoms with Crippen molar-refractivity contribution < 1.29 is 9.23 Å². The van der Waals surface area contributed by atoms with Crippen molar-refractivity contribution in [1.82, 2.24) is 4.90 Å². The molecular formula is C9H17FN2O. The molecule has 76 valence electrons. The zero-order valence-corrected chi connectivity index (χ0v) is 7.79. The molecule has 2 atom stereocenters. The highest BCUT2D eigenvalue weighted by molar-refractivity contribution is 4.88. The molecule has 3 nitrogen and oxygen atoms in total. The van der Waals surface area contributed by atoms with Crippen molar-refractivity contribution in [3.8, 4) is 0 Å². The molecule has 0 amide bonds. The van der Waals surface area contributed by atoms with E-state index in [0.717, 1.165) is 19.3 Å². The van der Waals surface area contributed by atoms with Gasteiger partial charge in [-0.05, 0) is 25.7 Å². The normalized spacial score (nSPS) is 37.4. The van der Waals surface area contributed by atoms with Crippen molar-refractivity contribution in [2.24, 2.45) is 5.90 Å². The Morgan fingerprint density at radius 2 is 2.08 bits per heavy atom. The van der Waals surface area contributed by atoms with Gasteiger partial charge in [-0.25, -0.2) is 10.3 Å². The summed E-state index contributed by atoms with van der Waals surface area (Å²) in [6.07, 6.45) is 3.95. The SMILES string of the molecule is NOC1CCCC(N2CC(F)C2)C1. The number of hydrogen-bond donors (Lipinski definition) is 1. The quantitative estimate of drug-likeness (QED) is 0.653. The number of halogens is 1. The second-order valence-electron chi connectivity index (χ2n) is 4.13. The Hall–Kier alpha value is -0.190. The van der Waals surface area contributed by atoms with Crippen LogP contribution >= 0.6 is 0 Å². The summed E-state index contributed by atoms with van der Waals surface area (Å²) in [5.74, 6) is 5.16. The highest BCUT2D eigenvalue weighted by atomic mass is 19.1. The largest absolute Gasteiger partial charge is 0.301 e. The first-order valence-corrected chi connectivity index (χ1v) is 5.03. The Bertz CT molecular complexity index is 173. The van der Waals surface area contributed by atoms with Crippen molar-refractivity contribution >= 4 is 0 Å². The number of likely N-dealkylation sites (tertiary alicyclic amines) is 1.